The van der Waals surface area contributed by atoms with Gasteiger partial charge in [0.05, 0.1) is 6.10 Å². The summed E-state index contributed by atoms with van der Waals surface area (Å²) in [5.41, 5.74) is 0. The number of hydrogen-bond donors (Lipinski definition) is 2. The van der Waals surface area contributed by atoms with Gasteiger partial charge in [-0.2, -0.15) is 0 Å². The molecule has 0 aromatic carbocycles. The van der Waals surface area contributed by atoms with Gasteiger partial charge < -0.3 is 15.3 Å². The van der Waals surface area contributed by atoms with Gasteiger partial charge in [-0.3, -0.25) is 0 Å². The zero-order valence-electron chi connectivity index (χ0n) is 8.08. The lowest BCUT2D eigenvalue weighted by atomic mass is 9.91. The van der Waals surface area contributed by atoms with Gasteiger partial charge in [0.1, 0.15) is 0 Å². The van der Waals surface area contributed by atoms with Gasteiger partial charge >= 0.3 is 0 Å². The van der Waals surface area contributed by atoms with E-state index in [0.717, 1.165) is 32.5 Å². The zero-order valence-corrected chi connectivity index (χ0v) is 8.08. The summed E-state index contributed by atoms with van der Waals surface area (Å²) >= 11 is 0. The standard InChI is InChI=1S/C9H20N2O/c1-10-7-9(12)8-3-5-11(2)6-4-8/h8-10,12H,3-7H2,1-2H3. The molecule has 1 saturated heterocycles. The lowest BCUT2D eigenvalue weighted by Gasteiger charge is -2.31. The minimum atomic E-state index is -0.149. The molecule has 1 heterocycles. The van der Waals surface area contributed by atoms with Crippen LogP contribution in [0.5, 0.6) is 0 Å². The third-order valence-electron chi connectivity index (χ3n) is 2.72. The van der Waals surface area contributed by atoms with Crippen molar-refractivity contribution in [2.24, 2.45) is 5.92 Å². The summed E-state index contributed by atoms with van der Waals surface area (Å²) < 4.78 is 0. The van der Waals surface area contributed by atoms with Crippen molar-refractivity contribution in [2.75, 3.05) is 33.7 Å². The first-order chi connectivity index (χ1) is 5.74. The Morgan fingerprint density at radius 3 is 2.58 bits per heavy atom. The molecule has 0 bridgehead atoms. The van der Waals surface area contributed by atoms with Crippen molar-refractivity contribution >= 4 is 0 Å². The number of nitrogens with zero attached hydrogens (tertiary/aromatic N) is 1. The highest BCUT2D eigenvalue weighted by Gasteiger charge is 2.22. The molecule has 0 saturated carbocycles. The first kappa shape index (κ1) is 9.96. The van der Waals surface area contributed by atoms with Gasteiger partial charge in [0, 0.05) is 6.54 Å². The average Bonchev–Trinajstić information content (AvgIpc) is 2.06. The third kappa shape index (κ3) is 2.73. The largest absolute Gasteiger partial charge is 0.392 e. The Hall–Kier alpha value is -0.120. The Labute approximate surface area is 74.8 Å². The first-order valence-electron chi connectivity index (χ1n) is 4.75. The quantitative estimate of drug-likeness (QED) is 0.624. The Balaban J connectivity index is 2.24. The second-order valence-electron chi connectivity index (χ2n) is 3.77. The van der Waals surface area contributed by atoms with Gasteiger partial charge in [0.15, 0.2) is 0 Å². The topological polar surface area (TPSA) is 35.5 Å². The van der Waals surface area contributed by atoms with E-state index in [1.54, 1.807) is 0 Å². The highest BCUT2D eigenvalue weighted by Crippen LogP contribution is 2.19. The van der Waals surface area contributed by atoms with E-state index in [1.165, 1.54) is 0 Å². The number of aliphatic hydroxyl groups is 1. The molecule has 1 aliphatic rings. The SMILES string of the molecule is CNCC(O)C1CCN(C)CC1. The minimum Gasteiger partial charge on any atom is -0.392 e. The molecule has 0 spiro atoms. The molecule has 1 atom stereocenters. The Morgan fingerprint density at radius 1 is 1.50 bits per heavy atom. The Bertz CT molecular complexity index is 122. The Kier molecular flexibility index (Phi) is 3.98. The van der Waals surface area contributed by atoms with Crippen LogP contribution in [0.25, 0.3) is 0 Å². The normalized spacial score (nSPS) is 24.2. The van der Waals surface area contributed by atoms with E-state index in [4.69, 9.17) is 0 Å². The van der Waals surface area contributed by atoms with Crippen molar-refractivity contribution < 1.29 is 5.11 Å². The third-order valence-corrected chi connectivity index (χ3v) is 2.72. The van der Waals surface area contributed by atoms with Gasteiger partial charge in [-0.15, -0.1) is 0 Å². The van der Waals surface area contributed by atoms with Crippen LogP contribution in [0.1, 0.15) is 12.8 Å². The second kappa shape index (κ2) is 4.80. The van der Waals surface area contributed by atoms with Crippen LogP contribution < -0.4 is 5.32 Å². The van der Waals surface area contributed by atoms with Crippen molar-refractivity contribution in [1.82, 2.24) is 10.2 Å². The van der Waals surface area contributed by atoms with Crippen LogP contribution in [0, 0.1) is 5.92 Å². The molecule has 1 rings (SSSR count). The van der Waals surface area contributed by atoms with Gasteiger partial charge in [-0.25, -0.2) is 0 Å². The maximum Gasteiger partial charge on any atom is 0.0693 e. The maximum atomic E-state index is 9.68. The fraction of sp³-hybridized carbons (Fsp3) is 1.00. The molecule has 0 amide bonds. The van der Waals surface area contributed by atoms with Crippen LogP contribution >= 0.6 is 0 Å². The molecule has 1 aliphatic heterocycles. The van der Waals surface area contributed by atoms with Crippen molar-refractivity contribution in [3.8, 4) is 0 Å². The summed E-state index contributed by atoms with van der Waals surface area (Å²) in [6, 6.07) is 0. The molecule has 2 N–H and O–H groups in total. The number of rotatable bonds is 3. The fourth-order valence-corrected chi connectivity index (χ4v) is 1.79. The smallest absolute Gasteiger partial charge is 0.0693 e. The highest BCUT2D eigenvalue weighted by molar-refractivity contribution is 4.76. The molecular weight excluding hydrogens is 152 g/mol. The zero-order chi connectivity index (χ0) is 8.97. The van der Waals surface area contributed by atoms with Gasteiger partial charge in [0.25, 0.3) is 0 Å². The lowest BCUT2D eigenvalue weighted by molar-refractivity contribution is 0.0674. The van der Waals surface area contributed by atoms with Crippen molar-refractivity contribution in [2.45, 2.75) is 18.9 Å². The molecule has 3 nitrogen and oxygen atoms in total. The van der Waals surface area contributed by atoms with E-state index >= 15 is 0 Å². The Morgan fingerprint density at radius 2 is 2.08 bits per heavy atom. The lowest BCUT2D eigenvalue weighted by Crippen LogP contribution is -2.39. The van der Waals surface area contributed by atoms with Crippen LogP contribution in [-0.4, -0.2) is 49.8 Å². The molecular formula is C9H20N2O. The van der Waals surface area contributed by atoms with Crippen molar-refractivity contribution in [1.29, 1.82) is 0 Å². The maximum absolute atomic E-state index is 9.68. The summed E-state index contributed by atoms with van der Waals surface area (Å²) in [7, 11) is 4.03. The molecule has 3 heteroatoms. The molecule has 0 aliphatic carbocycles. The molecule has 0 aromatic rings. The van der Waals surface area contributed by atoms with E-state index < -0.39 is 0 Å². The van der Waals surface area contributed by atoms with Crippen LogP contribution in [-0.2, 0) is 0 Å². The first-order valence-corrected chi connectivity index (χ1v) is 4.75. The predicted molar refractivity (Wildman–Crippen MR) is 50.2 cm³/mol. The fourth-order valence-electron chi connectivity index (χ4n) is 1.79. The number of hydrogen-bond acceptors (Lipinski definition) is 3. The number of likely N-dealkylation sites (tertiary alicyclic amines) is 1. The van der Waals surface area contributed by atoms with E-state index in [-0.39, 0.29) is 6.10 Å². The molecule has 1 unspecified atom stereocenters. The van der Waals surface area contributed by atoms with E-state index in [1.807, 2.05) is 7.05 Å². The molecule has 72 valence electrons. The second-order valence-corrected chi connectivity index (χ2v) is 3.77. The predicted octanol–water partition coefficient (Wildman–Crippen LogP) is -0.0915. The van der Waals surface area contributed by atoms with E-state index in [9.17, 15) is 5.11 Å². The molecule has 1 fully saturated rings. The van der Waals surface area contributed by atoms with Crippen molar-refractivity contribution in [3.63, 3.8) is 0 Å². The van der Waals surface area contributed by atoms with Crippen LogP contribution in [0.4, 0.5) is 0 Å². The number of piperidine rings is 1. The van der Waals surface area contributed by atoms with Crippen LogP contribution in [0.3, 0.4) is 0 Å². The summed E-state index contributed by atoms with van der Waals surface area (Å²) in [6.45, 7) is 2.99. The number of likely N-dealkylation sites (N-methyl/N-ethyl adjacent to an activating group) is 1. The average molecular weight is 172 g/mol. The highest BCUT2D eigenvalue weighted by atomic mass is 16.3. The minimum absolute atomic E-state index is 0.149. The monoisotopic (exact) mass is 172 g/mol. The van der Waals surface area contributed by atoms with E-state index in [0.29, 0.717) is 5.92 Å². The molecule has 12 heavy (non-hydrogen) atoms. The molecule has 0 aromatic heterocycles. The van der Waals surface area contributed by atoms with Crippen LogP contribution in [0.2, 0.25) is 0 Å². The summed E-state index contributed by atoms with van der Waals surface area (Å²) in [5, 5.41) is 12.7. The van der Waals surface area contributed by atoms with Gasteiger partial charge in [-0.1, -0.05) is 0 Å². The van der Waals surface area contributed by atoms with Gasteiger partial charge in [0.2, 0.25) is 0 Å². The van der Waals surface area contributed by atoms with Crippen molar-refractivity contribution in [3.05, 3.63) is 0 Å². The summed E-state index contributed by atoms with van der Waals surface area (Å²) in [5.74, 6) is 0.508. The molecule has 0 radical (unpaired) electrons. The van der Waals surface area contributed by atoms with Gasteiger partial charge in [-0.05, 0) is 45.9 Å². The summed E-state index contributed by atoms with van der Waals surface area (Å²) in [6.07, 6.45) is 2.13. The number of nitrogens with one attached hydrogen (secondary N) is 1. The summed E-state index contributed by atoms with van der Waals surface area (Å²) in [4.78, 5) is 2.32. The number of aliphatic hydroxyl groups excluding tert-OH is 1. The van der Waals surface area contributed by atoms with Crippen LogP contribution in [0.15, 0.2) is 0 Å². The van der Waals surface area contributed by atoms with E-state index in [2.05, 4.69) is 17.3 Å².